The van der Waals surface area contributed by atoms with Crippen molar-refractivity contribution in [2.75, 3.05) is 38.2 Å². The second kappa shape index (κ2) is 10.6. The Bertz CT molecular complexity index is 1390. The van der Waals surface area contributed by atoms with Gasteiger partial charge in [-0.2, -0.15) is 5.10 Å². The van der Waals surface area contributed by atoms with E-state index >= 15 is 0 Å². The lowest BCUT2D eigenvalue weighted by Gasteiger charge is -2.32. The highest BCUT2D eigenvalue weighted by atomic mass is 16.2. The number of aromatic nitrogens is 4. The highest BCUT2D eigenvalue weighted by Crippen LogP contribution is 2.29. The Morgan fingerprint density at radius 1 is 1.24 bits per heavy atom. The average molecular weight is 503 g/mol. The number of likely N-dealkylation sites (N-methyl/N-ethyl adjacent to an activating group) is 1. The lowest BCUT2D eigenvalue weighted by Crippen LogP contribution is -2.40. The molecule has 37 heavy (non-hydrogen) atoms. The number of nitrogens with one attached hydrogen (secondary N) is 1. The van der Waals surface area contributed by atoms with E-state index in [0.29, 0.717) is 35.4 Å². The van der Waals surface area contributed by atoms with E-state index in [1.165, 1.54) is 17.3 Å². The van der Waals surface area contributed by atoms with E-state index in [0.717, 1.165) is 18.4 Å². The molecule has 1 atom stereocenters. The molecule has 11 heteroatoms. The predicted octanol–water partition coefficient (Wildman–Crippen LogP) is 2.28. The van der Waals surface area contributed by atoms with Crippen LogP contribution in [0.15, 0.2) is 43.8 Å². The van der Waals surface area contributed by atoms with Gasteiger partial charge < -0.3 is 20.9 Å². The van der Waals surface area contributed by atoms with Gasteiger partial charge in [-0.25, -0.2) is 14.6 Å². The van der Waals surface area contributed by atoms with E-state index in [1.54, 1.807) is 41.9 Å². The van der Waals surface area contributed by atoms with Gasteiger partial charge in [0.1, 0.15) is 12.1 Å². The molecule has 192 valence electrons. The summed E-state index contributed by atoms with van der Waals surface area (Å²) < 4.78 is 1.66. The number of likely N-dealkylation sites (tertiary alicyclic amines) is 1. The van der Waals surface area contributed by atoms with Gasteiger partial charge in [-0.05, 0) is 42.2 Å². The standard InChI is InChI=1S/C26H30N8O3/c1-5-17-12-16(13-21(36)32(3)4)9-10-19(17)30-26(37)23-22-24(27)28-15-29-25(22)34(31-23)18-8-7-11-33(14-18)20(35)6-2/h5-6,9-10,12,15,18H,1-2,7-8,11,13-14H2,3-4H3,(H,30,37)(H2,27,28,29). The number of hydrogen-bond acceptors (Lipinski definition) is 7. The van der Waals surface area contributed by atoms with Crippen molar-refractivity contribution in [3.05, 3.63) is 60.6 Å². The molecular formula is C26H30N8O3. The third kappa shape index (κ3) is 5.20. The Kier molecular flexibility index (Phi) is 7.32. The summed E-state index contributed by atoms with van der Waals surface area (Å²) >= 11 is 0. The van der Waals surface area contributed by atoms with Crippen LogP contribution in [0.5, 0.6) is 0 Å². The normalized spacial score (nSPS) is 15.3. The fourth-order valence-corrected chi connectivity index (χ4v) is 4.41. The number of anilines is 2. The first-order valence-electron chi connectivity index (χ1n) is 11.9. The first-order valence-corrected chi connectivity index (χ1v) is 11.9. The molecule has 1 unspecified atom stereocenters. The molecule has 0 saturated carbocycles. The number of nitrogen functional groups attached to an aromatic ring is 1. The molecule has 1 aliphatic heterocycles. The summed E-state index contributed by atoms with van der Waals surface area (Å²) in [5.74, 6) is -0.533. The fourth-order valence-electron chi connectivity index (χ4n) is 4.41. The third-order valence-electron chi connectivity index (χ3n) is 6.40. The first-order chi connectivity index (χ1) is 17.7. The van der Waals surface area contributed by atoms with Gasteiger partial charge in [-0.1, -0.05) is 25.3 Å². The number of nitrogens with two attached hydrogens (primary N) is 1. The van der Waals surface area contributed by atoms with Crippen molar-refractivity contribution in [2.24, 2.45) is 0 Å². The van der Waals surface area contributed by atoms with Crippen LogP contribution in [0.2, 0.25) is 0 Å². The minimum Gasteiger partial charge on any atom is -0.383 e. The van der Waals surface area contributed by atoms with Crippen LogP contribution in [0.1, 0.15) is 40.5 Å². The van der Waals surface area contributed by atoms with Crippen molar-refractivity contribution in [1.29, 1.82) is 0 Å². The molecule has 3 heterocycles. The van der Waals surface area contributed by atoms with Crippen LogP contribution in [0.3, 0.4) is 0 Å². The number of rotatable bonds is 7. The lowest BCUT2D eigenvalue weighted by atomic mass is 10.1. The number of nitrogens with zero attached hydrogens (tertiary/aromatic N) is 6. The van der Waals surface area contributed by atoms with E-state index in [9.17, 15) is 14.4 Å². The molecule has 3 amide bonds. The molecule has 2 aromatic heterocycles. The van der Waals surface area contributed by atoms with Crippen LogP contribution in [0.4, 0.5) is 11.5 Å². The maximum Gasteiger partial charge on any atom is 0.277 e. The Labute approximate surface area is 214 Å². The second-order valence-corrected chi connectivity index (χ2v) is 9.08. The van der Waals surface area contributed by atoms with E-state index in [2.05, 4.69) is 33.5 Å². The molecule has 0 spiro atoms. The van der Waals surface area contributed by atoms with Crippen LogP contribution in [-0.2, 0) is 16.0 Å². The monoisotopic (exact) mass is 502 g/mol. The van der Waals surface area contributed by atoms with Crippen molar-refractivity contribution in [1.82, 2.24) is 29.5 Å². The summed E-state index contributed by atoms with van der Waals surface area (Å²) in [6, 6.07) is 5.14. The molecule has 4 rings (SSSR count). The average Bonchev–Trinajstić information content (AvgIpc) is 3.30. The van der Waals surface area contributed by atoms with Gasteiger partial charge in [-0.15, -0.1) is 0 Å². The fraction of sp³-hybridized carbons (Fsp3) is 0.308. The highest BCUT2D eigenvalue weighted by Gasteiger charge is 2.29. The summed E-state index contributed by atoms with van der Waals surface area (Å²) in [5.41, 5.74) is 8.65. The number of fused-ring (bicyclic) bond motifs is 1. The van der Waals surface area contributed by atoms with Crippen LogP contribution in [-0.4, -0.2) is 74.5 Å². The minimum atomic E-state index is -0.486. The van der Waals surface area contributed by atoms with Crippen LogP contribution >= 0.6 is 0 Å². The second-order valence-electron chi connectivity index (χ2n) is 9.08. The van der Waals surface area contributed by atoms with Gasteiger partial charge >= 0.3 is 0 Å². The van der Waals surface area contributed by atoms with Gasteiger partial charge in [0.05, 0.1) is 17.8 Å². The summed E-state index contributed by atoms with van der Waals surface area (Å²) in [4.78, 5) is 49.4. The predicted molar refractivity (Wildman–Crippen MR) is 142 cm³/mol. The molecule has 1 aliphatic rings. The zero-order chi connectivity index (χ0) is 26.7. The van der Waals surface area contributed by atoms with Crippen molar-refractivity contribution in [2.45, 2.75) is 25.3 Å². The molecule has 1 saturated heterocycles. The van der Waals surface area contributed by atoms with Crippen LogP contribution < -0.4 is 11.1 Å². The zero-order valence-electron chi connectivity index (χ0n) is 21.0. The quantitative estimate of drug-likeness (QED) is 0.473. The largest absolute Gasteiger partial charge is 0.383 e. The van der Waals surface area contributed by atoms with Crippen LogP contribution in [0, 0.1) is 0 Å². The molecule has 3 aromatic rings. The molecule has 1 fully saturated rings. The SMILES string of the molecule is C=CC(=O)N1CCCC(n2nc(C(=O)Nc3ccc(CC(=O)N(C)C)cc3C=C)c3c(N)ncnc32)C1. The molecule has 11 nitrogen and oxygen atoms in total. The molecule has 0 bridgehead atoms. The number of amides is 3. The summed E-state index contributed by atoms with van der Waals surface area (Å²) in [6.07, 6.45) is 6.01. The maximum absolute atomic E-state index is 13.4. The Morgan fingerprint density at radius 2 is 2.03 bits per heavy atom. The summed E-state index contributed by atoms with van der Waals surface area (Å²) in [5, 5.41) is 7.83. The smallest absolute Gasteiger partial charge is 0.277 e. The van der Waals surface area contributed by atoms with E-state index in [-0.39, 0.29) is 35.8 Å². The topological polar surface area (TPSA) is 139 Å². The minimum absolute atomic E-state index is 0.0321. The Balaban J connectivity index is 1.66. The van der Waals surface area contributed by atoms with Crippen molar-refractivity contribution >= 4 is 46.3 Å². The zero-order valence-corrected chi connectivity index (χ0v) is 21.0. The number of piperidine rings is 1. The van der Waals surface area contributed by atoms with E-state index in [4.69, 9.17) is 5.73 Å². The first kappa shape index (κ1) is 25.5. The maximum atomic E-state index is 13.4. The number of carbonyl (C=O) groups is 3. The molecule has 0 radical (unpaired) electrons. The number of benzene rings is 1. The van der Waals surface area contributed by atoms with Crippen molar-refractivity contribution in [3.63, 3.8) is 0 Å². The number of carbonyl (C=O) groups excluding carboxylic acids is 3. The lowest BCUT2D eigenvalue weighted by molar-refractivity contribution is -0.128. The Morgan fingerprint density at radius 3 is 2.73 bits per heavy atom. The van der Waals surface area contributed by atoms with Gasteiger partial charge in [0.2, 0.25) is 11.8 Å². The van der Waals surface area contributed by atoms with Gasteiger partial charge in [-0.3, -0.25) is 14.4 Å². The van der Waals surface area contributed by atoms with Gasteiger partial charge in [0.15, 0.2) is 11.3 Å². The van der Waals surface area contributed by atoms with Gasteiger partial charge in [0, 0.05) is 32.9 Å². The summed E-state index contributed by atoms with van der Waals surface area (Å²) in [7, 11) is 3.40. The highest BCUT2D eigenvalue weighted by molar-refractivity contribution is 6.13. The molecule has 0 aliphatic carbocycles. The Hall–Kier alpha value is -4.54. The molecule has 1 aromatic carbocycles. The third-order valence-corrected chi connectivity index (χ3v) is 6.40. The molecule has 3 N–H and O–H groups in total. The number of hydrogen-bond donors (Lipinski definition) is 2. The van der Waals surface area contributed by atoms with Crippen LogP contribution in [0.25, 0.3) is 17.1 Å². The summed E-state index contributed by atoms with van der Waals surface area (Å²) in [6.45, 7) is 8.46. The van der Waals surface area contributed by atoms with Gasteiger partial charge in [0.25, 0.3) is 5.91 Å². The van der Waals surface area contributed by atoms with E-state index < -0.39 is 5.91 Å². The van der Waals surface area contributed by atoms with Crippen molar-refractivity contribution < 1.29 is 14.4 Å². The van der Waals surface area contributed by atoms with Crippen molar-refractivity contribution in [3.8, 4) is 0 Å². The molecular weight excluding hydrogens is 472 g/mol. The van der Waals surface area contributed by atoms with E-state index in [1.807, 2.05) is 6.07 Å².